The largest absolute Gasteiger partial charge is 0.460 e. The number of amides is 1. The van der Waals surface area contributed by atoms with Crippen molar-refractivity contribution >= 4 is 12.1 Å². The zero-order valence-corrected chi connectivity index (χ0v) is 21.2. The summed E-state index contributed by atoms with van der Waals surface area (Å²) in [6.07, 6.45) is 3.94. The van der Waals surface area contributed by atoms with Gasteiger partial charge in [-0.2, -0.15) is 0 Å². The topological polar surface area (TPSA) is 67.9 Å². The molecule has 1 aliphatic carbocycles. The Morgan fingerprint density at radius 2 is 1.57 bits per heavy atom. The molecular weight excluding hydrogens is 440 g/mol. The molecule has 35 heavy (non-hydrogen) atoms. The number of benzene rings is 2. The maximum Gasteiger partial charge on any atom is 0.407 e. The fraction of sp³-hybridized carbons (Fsp3) is 0.517. The summed E-state index contributed by atoms with van der Waals surface area (Å²) in [6, 6.07) is 16.5. The number of rotatable bonds is 8. The first-order valence-corrected chi connectivity index (χ1v) is 12.9. The highest BCUT2D eigenvalue weighted by Gasteiger charge is 2.29. The first-order chi connectivity index (χ1) is 16.8. The normalized spacial score (nSPS) is 16.8. The highest BCUT2D eigenvalue weighted by atomic mass is 16.6. The summed E-state index contributed by atoms with van der Waals surface area (Å²) in [5.41, 5.74) is 4.28. The zero-order chi connectivity index (χ0) is 24.8. The molecule has 1 saturated heterocycles. The highest BCUT2D eigenvalue weighted by molar-refractivity contribution is 5.79. The third kappa shape index (κ3) is 6.85. The standard InChI is InChI=1S/C29H38N2O4/c1-29(2,3)35-27(32)16-15-21(19-31-17-9-4-10-18-31)30-28(33)34-20-26-24-13-7-5-11-22(24)23-12-6-8-14-25(23)26/h5-8,11-14,21,26H,4,9-10,15-20H2,1-3H3,(H,30,33)/t21-/m0/s1. The molecule has 6 nitrogen and oxygen atoms in total. The average Bonchev–Trinajstić information content (AvgIpc) is 3.14. The van der Waals surface area contributed by atoms with Crippen LogP contribution >= 0.6 is 0 Å². The van der Waals surface area contributed by atoms with E-state index in [2.05, 4.69) is 34.5 Å². The molecule has 0 spiro atoms. The lowest BCUT2D eigenvalue weighted by molar-refractivity contribution is -0.155. The van der Waals surface area contributed by atoms with Crippen molar-refractivity contribution in [2.45, 2.75) is 70.4 Å². The quantitative estimate of drug-likeness (QED) is 0.507. The molecule has 2 aromatic carbocycles. The number of fused-ring (bicyclic) bond motifs is 3. The number of likely N-dealkylation sites (tertiary alicyclic amines) is 1. The summed E-state index contributed by atoms with van der Waals surface area (Å²) in [7, 11) is 0. The van der Waals surface area contributed by atoms with E-state index in [0.717, 1.165) is 13.1 Å². The molecule has 1 fully saturated rings. The molecule has 0 unspecified atom stereocenters. The van der Waals surface area contributed by atoms with E-state index in [1.807, 2.05) is 45.0 Å². The van der Waals surface area contributed by atoms with Gasteiger partial charge in [-0.05, 0) is 75.4 Å². The number of hydrogen-bond donors (Lipinski definition) is 1. The van der Waals surface area contributed by atoms with Crippen LogP contribution in [-0.2, 0) is 14.3 Å². The molecule has 2 aliphatic rings. The van der Waals surface area contributed by atoms with Gasteiger partial charge in [-0.25, -0.2) is 4.79 Å². The molecule has 1 amide bonds. The van der Waals surface area contributed by atoms with Gasteiger partial charge in [0, 0.05) is 24.9 Å². The van der Waals surface area contributed by atoms with Crippen LogP contribution in [0.1, 0.15) is 69.9 Å². The van der Waals surface area contributed by atoms with Gasteiger partial charge in [0.2, 0.25) is 0 Å². The Hall–Kier alpha value is -2.86. The van der Waals surface area contributed by atoms with Crippen LogP contribution in [0.5, 0.6) is 0 Å². The second-order valence-electron chi connectivity index (χ2n) is 10.7. The lowest BCUT2D eigenvalue weighted by Crippen LogP contribution is -2.46. The minimum atomic E-state index is -0.514. The number of nitrogens with one attached hydrogen (secondary N) is 1. The fourth-order valence-electron chi connectivity index (χ4n) is 5.15. The van der Waals surface area contributed by atoms with Crippen molar-refractivity contribution < 1.29 is 19.1 Å². The molecule has 6 heteroatoms. The van der Waals surface area contributed by atoms with Crippen molar-refractivity contribution in [3.8, 4) is 11.1 Å². The fourth-order valence-corrected chi connectivity index (χ4v) is 5.15. The smallest absolute Gasteiger partial charge is 0.407 e. The van der Waals surface area contributed by atoms with Crippen LogP contribution in [0, 0.1) is 0 Å². The van der Waals surface area contributed by atoms with Gasteiger partial charge in [-0.15, -0.1) is 0 Å². The number of hydrogen-bond acceptors (Lipinski definition) is 5. The number of ether oxygens (including phenoxy) is 2. The molecular formula is C29H38N2O4. The number of esters is 1. The summed E-state index contributed by atoms with van der Waals surface area (Å²) in [5, 5.41) is 3.04. The summed E-state index contributed by atoms with van der Waals surface area (Å²) in [5.74, 6) is -0.217. The SMILES string of the molecule is CC(C)(C)OC(=O)CC[C@@H](CN1CCCCC1)NC(=O)OCC1c2ccccc2-c2ccccc21. The number of nitrogens with zero attached hydrogens (tertiary/aromatic N) is 1. The van der Waals surface area contributed by atoms with Crippen LogP contribution < -0.4 is 5.32 Å². The molecule has 0 radical (unpaired) electrons. The van der Waals surface area contributed by atoms with Crippen molar-refractivity contribution in [1.82, 2.24) is 10.2 Å². The Morgan fingerprint density at radius 3 is 2.17 bits per heavy atom. The van der Waals surface area contributed by atoms with Gasteiger partial charge in [0.1, 0.15) is 12.2 Å². The van der Waals surface area contributed by atoms with Crippen molar-refractivity contribution in [2.24, 2.45) is 0 Å². The van der Waals surface area contributed by atoms with E-state index in [-0.39, 0.29) is 31.0 Å². The van der Waals surface area contributed by atoms with Crippen molar-refractivity contribution in [2.75, 3.05) is 26.2 Å². The highest BCUT2D eigenvalue weighted by Crippen LogP contribution is 2.44. The molecule has 1 heterocycles. The van der Waals surface area contributed by atoms with E-state index in [0.29, 0.717) is 13.0 Å². The molecule has 0 saturated carbocycles. The molecule has 4 rings (SSSR count). The average molecular weight is 479 g/mol. The predicted octanol–water partition coefficient (Wildman–Crippen LogP) is 5.50. The Kier molecular flexibility index (Phi) is 8.11. The monoisotopic (exact) mass is 478 g/mol. The van der Waals surface area contributed by atoms with Gasteiger partial charge in [-0.1, -0.05) is 55.0 Å². The van der Waals surface area contributed by atoms with Crippen LogP contribution in [0.4, 0.5) is 4.79 Å². The summed E-state index contributed by atoms with van der Waals surface area (Å²) in [6.45, 7) is 8.64. The maximum absolute atomic E-state index is 12.9. The first kappa shape index (κ1) is 25.2. The Morgan fingerprint density at radius 1 is 0.971 bits per heavy atom. The molecule has 0 bridgehead atoms. The second-order valence-corrected chi connectivity index (χ2v) is 10.7. The lowest BCUT2D eigenvalue weighted by atomic mass is 9.98. The van der Waals surface area contributed by atoms with Crippen molar-refractivity contribution in [3.05, 3.63) is 59.7 Å². The van der Waals surface area contributed by atoms with Gasteiger partial charge in [0.15, 0.2) is 0 Å². The molecule has 1 aliphatic heterocycles. The molecule has 1 atom stereocenters. The van der Waals surface area contributed by atoms with E-state index < -0.39 is 11.7 Å². The van der Waals surface area contributed by atoms with Crippen LogP contribution in [0.3, 0.4) is 0 Å². The Bertz CT molecular complexity index is 978. The van der Waals surface area contributed by atoms with Crippen molar-refractivity contribution in [3.63, 3.8) is 0 Å². The van der Waals surface area contributed by atoms with Gasteiger partial charge in [-0.3, -0.25) is 4.79 Å². The molecule has 188 valence electrons. The number of carbonyl (C=O) groups is 2. The first-order valence-electron chi connectivity index (χ1n) is 12.9. The minimum absolute atomic E-state index is 0.0236. The summed E-state index contributed by atoms with van der Waals surface area (Å²) in [4.78, 5) is 27.5. The van der Waals surface area contributed by atoms with Crippen LogP contribution in [0.2, 0.25) is 0 Å². The van der Waals surface area contributed by atoms with E-state index in [1.165, 1.54) is 41.5 Å². The van der Waals surface area contributed by atoms with Gasteiger partial charge < -0.3 is 19.7 Å². The Balaban J connectivity index is 1.37. The van der Waals surface area contributed by atoms with E-state index in [4.69, 9.17) is 9.47 Å². The summed E-state index contributed by atoms with van der Waals surface area (Å²) >= 11 is 0. The number of piperidine rings is 1. The van der Waals surface area contributed by atoms with Gasteiger partial charge in [0.05, 0.1) is 0 Å². The molecule has 2 aromatic rings. The predicted molar refractivity (Wildman–Crippen MR) is 137 cm³/mol. The zero-order valence-electron chi connectivity index (χ0n) is 21.2. The van der Waals surface area contributed by atoms with E-state index >= 15 is 0 Å². The summed E-state index contributed by atoms with van der Waals surface area (Å²) < 4.78 is 11.2. The van der Waals surface area contributed by atoms with E-state index in [9.17, 15) is 9.59 Å². The number of carbonyl (C=O) groups excluding carboxylic acids is 2. The third-order valence-electron chi connectivity index (χ3n) is 6.71. The third-order valence-corrected chi connectivity index (χ3v) is 6.71. The lowest BCUT2D eigenvalue weighted by Gasteiger charge is -2.31. The van der Waals surface area contributed by atoms with Crippen molar-refractivity contribution in [1.29, 1.82) is 0 Å². The van der Waals surface area contributed by atoms with Crippen LogP contribution in [-0.4, -0.2) is 54.8 Å². The minimum Gasteiger partial charge on any atom is -0.460 e. The van der Waals surface area contributed by atoms with Crippen LogP contribution in [0.15, 0.2) is 48.5 Å². The Labute approximate surface area is 209 Å². The van der Waals surface area contributed by atoms with Gasteiger partial charge in [0.25, 0.3) is 0 Å². The molecule has 0 aromatic heterocycles. The van der Waals surface area contributed by atoms with E-state index in [1.54, 1.807) is 0 Å². The van der Waals surface area contributed by atoms with Gasteiger partial charge >= 0.3 is 12.1 Å². The molecule has 1 N–H and O–H groups in total. The second kappa shape index (κ2) is 11.3. The maximum atomic E-state index is 12.9. The van der Waals surface area contributed by atoms with Crippen LogP contribution in [0.25, 0.3) is 11.1 Å². The number of alkyl carbamates (subject to hydrolysis) is 1.